The minimum Gasteiger partial charge on any atom is -0.492 e. The summed E-state index contributed by atoms with van der Waals surface area (Å²) in [5.74, 6) is 1.06. The van der Waals surface area contributed by atoms with E-state index in [4.69, 9.17) is 4.74 Å². The van der Waals surface area contributed by atoms with Crippen LogP contribution >= 0.6 is 0 Å². The Bertz CT molecular complexity index is 1300. The molecular weight excluding hydrogens is 414 g/mol. The Kier molecular flexibility index (Phi) is 5.60. The zero-order chi connectivity index (χ0) is 22.0. The fourth-order valence-electron chi connectivity index (χ4n) is 3.19. The highest BCUT2D eigenvalue weighted by atomic mass is 32.2. The van der Waals surface area contributed by atoms with Crippen molar-refractivity contribution in [1.29, 1.82) is 0 Å². The van der Waals surface area contributed by atoms with Crippen molar-refractivity contribution in [2.45, 2.75) is 25.7 Å². The molecule has 0 radical (unpaired) electrons. The lowest BCUT2D eigenvalue weighted by atomic mass is 10.2. The van der Waals surface area contributed by atoms with Crippen molar-refractivity contribution in [2.24, 2.45) is 0 Å². The molecule has 9 heteroatoms. The Morgan fingerprint density at radius 1 is 0.968 bits per heavy atom. The van der Waals surface area contributed by atoms with Gasteiger partial charge >= 0.3 is 0 Å². The molecule has 0 aliphatic rings. The summed E-state index contributed by atoms with van der Waals surface area (Å²) in [6.07, 6.45) is 0. The smallest absolute Gasteiger partial charge is 0.266 e. The molecule has 2 heterocycles. The minimum absolute atomic E-state index is 0.0417. The van der Waals surface area contributed by atoms with Crippen molar-refractivity contribution in [1.82, 2.24) is 19.6 Å². The van der Waals surface area contributed by atoms with Crippen molar-refractivity contribution in [3.8, 4) is 5.75 Å². The van der Waals surface area contributed by atoms with E-state index < -0.39 is 10.0 Å². The van der Waals surface area contributed by atoms with Crippen LogP contribution in [0.3, 0.4) is 0 Å². The number of hydrogen-bond donors (Lipinski definition) is 0. The first-order chi connectivity index (χ1) is 14.8. The second-order valence-electron chi connectivity index (χ2n) is 7.21. The van der Waals surface area contributed by atoms with Crippen molar-refractivity contribution in [2.75, 3.05) is 17.5 Å². The van der Waals surface area contributed by atoms with Crippen LogP contribution in [0.15, 0.2) is 65.6 Å². The summed E-state index contributed by atoms with van der Waals surface area (Å²) in [6.45, 7) is 5.81. The van der Waals surface area contributed by atoms with Crippen LogP contribution in [-0.2, 0) is 10.0 Å². The fourth-order valence-corrected chi connectivity index (χ4v) is 4.53. The first-order valence-corrected chi connectivity index (χ1v) is 11.3. The number of benzene rings is 2. The summed E-state index contributed by atoms with van der Waals surface area (Å²) in [7, 11) is -3.91. The molecule has 4 aromatic rings. The lowest BCUT2D eigenvalue weighted by Gasteiger charge is -2.21. The van der Waals surface area contributed by atoms with Gasteiger partial charge in [-0.25, -0.2) is 17.7 Å². The van der Waals surface area contributed by atoms with Crippen molar-refractivity contribution in [3.63, 3.8) is 0 Å². The number of rotatable bonds is 7. The molecular formula is C22H23N5O3S. The summed E-state index contributed by atoms with van der Waals surface area (Å²) in [5.41, 5.74) is 2.57. The average Bonchev–Trinajstić information content (AvgIpc) is 3.16. The van der Waals surface area contributed by atoms with Crippen molar-refractivity contribution >= 4 is 21.7 Å². The number of para-hydroxylation sites is 1. The van der Waals surface area contributed by atoms with Crippen molar-refractivity contribution in [3.05, 3.63) is 77.6 Å². The van der Waals surface area contributed by atoms with Crippen LogP contribution in [0.1, 0.15) is 17.0 Å². The number of nitrogens with zero attached hydrogens (tertiary/aromatic N) is 5. The SMILES string of the molecule is Cc1ccc(S(=O)(=O)N(CCOc2ccccc2)c2nc3nc(C)cc(C)n3n2)cc1. The largest absolute Gasteiger partial charge is 0.492 e. The van der Waals surface area contributed by atoms with Crippen LogP contribution in [0.25, 0.3) is 5.78 Å². The van der Waals surface area contributed by atoms with Gasteiger partial charge in [-0.3, -0.25) is 0 Å². The third-order valence-corrected chi connectivity index (χ3v) is 6.54. The van der Waals surface area contributed by atoms with E-state index in [2.05, 4.69) is 15.1 Å². The summed E-state index contributed by atoms with van der Waals surface area (Å²) in [4.78, 5) is 8.94. The minimum atomic E-state index is -3.91. The molecule has 160 valence electrons. The Morgan fingerprint density at radius 2 is 1.68 bits per heavy atom. The molecule has 0 fully saturated rings. The van der Waals surface area contributed by atoms with Gasteiger partial charge in [0.2, 0.25) is 0 Å². The maximum atomic E-state index is 13.5. The maximum Gasteiger partial charge on any atom is 0.266 e. The van der Waals surface area contributed by atoms with E-state index in [0.717, 1.165) is 17.0 Å². The first-order valence-electron chi connectivity index (χ1n) is 9.83. The molecule has 0 atom stereocenters. The van der Waals surface area contributed by atoms with Gasteiger partial charge in [-0.05, 0) is 51.1 Å². The fraction of sp³-hybridized carbons (Fsp3) is 0.227. The zero-order valence-corrected chi connectivity index (χ0v) is 18.4. The molecule has 4 rings (SSSR count). The van der Waals surface area contributed by atoms with Gasteiger partial charge in [0.25, 0.3) is 21.7 Å². The summed E-state index contributed by atoms with van der Waals surface area (Å²) < 4.78 is 35.4. The molecule has 31 heavy (non-hydrogen) atoms. The van der Waals surface area contributed by atoms with Gasteiger partial charge in [0.15, 0.2) is 0 Å². The molecule has 0 amide bonds. The monoisotopic (exact) mass is 437 g/mol. The molecule has 0 saturated carbocycles. The third-order valence-electron chi connectivity index (χ3n) is 4.75. The Balaban J connectivity index is 1.71. The average molecular weight is 438 g/mol. The number of fused-ring (bicyclic) bond motifs is 1. The van der Waals surface area contributed by atoms with Crippen LogP contribution < -0.4 is 9.04 Å². The molecule has 8 nitrogen and oxygen atoms in total. The second kappa shape index (κ2) is 8.35. The zero-order valence-electron chi connectivity index (χ0n) is 17.6. The highest BCUT2D eigenvalue weighted by Gasteiger charge is 2.29. The molecule has 0 spiro atoms. The first kappa shape index (κ1) is 20.8. The second-order valence-corrected chi connectivity index (χ2v) is 9.08. The van der Waals surface area contributed by atoms with E-state index in [1.807, 2.05) is 57.2 Å². The Morgan fingerprint density at radius 3 is 2.39 bits per heavy atom. The lowest BCUT2D eigenvalue weighted by molar-refractivity contribution is 0.328. The number of ether oxygens (including phenoxy) is 1. The van der Waals surface area contributed by atoms with E-state index >= 15 is 0 Å². The van der Waals surface area contributed by atoms with Gasteiger partial charge in [-0.2, -0.15) is 9.50 Å². The normalized spacial score (nSPS) is 11.6. The van der Waals surface area contributed by atoms with Crippen LogP contribution in [-0.4, -0.2) is 41.2 Å². The molecule has 0 bridgehead atoms. The number of sulfonamides is 1. The van der Waals surface area contributed by atoms with E-state index in [9.17, 15) is 8.42 Å². The highest BCUT2D eigenvalue weighted by molar-refractivity contribution is 7.92. The van der Waals surface area contributed by atoms with Gasteiger partial charge in [-0.1, -0.05) is 35.9 Å². The number of aromatic nitrogens is 4. The standard InChI is InChI=1S/C22H23N5O3S/c1-16-9-11-20(12-10-16)31(28,29)26(13-14-30-19-7-5-4-6-8-19)22-24-21-23-17(2)15-18(3)27(21)25-22/h4-12,15H,13-14H2,1-3H3. The summed E-state index contributed by atoms with van der Waals surface area (Å²) in [6, 6.07) is 17.8. The topological polar surface area (TPSA) is 89.7 Å². The number of aryl methyl sites for hydroxylation is 3. The van der Waals surface area contributed by atoms with E-state index in [1.54, 1.807) is 24.3 Å². The van der Waals surface area contributed by atoms with Crippen LogP contribution in [0.2, 0.25) is 0 Å². The predicted octanol–water partition coefficient (Wildman–Crippen LogP) is 3.32. The Hall–Kier alpha value is -3.46. The maximum absolute atomic E-state index is 13.5. The molecule has 0 N–H and O–H groups in total. The highest BCUT2D eigenvalue weighted by Crippen LogP contribution is 2.22. The molecule has 0 saturated heterocycles. The van der Waals surface area contributed by atoms with E-state index in [-0.39, 0.29) is 24.0 Å². The van der Waals surface area contributed by atoms with Crippen LogP contribution in [0.4, 0.5) is 5.95 Å². The molecule has 2 aromatic heterocycles. The van der Waals surface area contributed by atoms with E-state index in [1.165, 1.54) is 8.82 Å². The molecule has 0 aliphatic heterocycles. The molecule has 0 unspecified atom stereocenters. The van der Waals surface area contributed by atoms with Crippen molar-refractivity contribution < 1.29 is 13.2 Å². The van der Waals surface area contributed by atoms with Gasteiger partial charge in [0, 0.05) is 11.4 Å². The van der Waals surface area contributed by atoms with Crippen LogP contribution in [0, 0.1) is 20.8 Å². The van der Waals surface area contributed by atoms with Gasteiger partial charge in [0.1, 0.15) is 12.4 Å². The Labute approximate surface area is 181 Å². The number of hydrogen-bond acceptors (Lipinski definition) is 6. The molecule has 2 aromatic carbocycles. The third kappa shape index (κ3) is 4.36. The summed E-state index contributed by atoms with van der Waals surface area (Å²) >= 11 is 0. The summed E-state index contributed by atoms with van der Waals surface area (Å²) in [5, 5.41) is 4.42. The molecule has 0 aliphatic carbocycles. The predicted molar refractivity (Wildman–Crippen MR) is 118 cm³/mol. The quantitative estimate of drug-likeness (QED) is 0.441. The number of anilines is 1. The van der Waals surface area contributed by atoms with Gasteiger partial charge < -0.3 is 4.74 Å². The van der Waals surface area contributed by atoms with Gasteiger partial charge in [-0.15, -0.1) is 5.10 Å². The van der Waals surface area contributed by atoms with Gasteiger partial charge in [0.05, 0.1) is 11.4 Å². The lowest BCUT2D eigenvalue weighted by Crippen LogP contribution is -2.35. The van der Waals surface area contributed by atoms with E-state index in [0.29, 0.717) is 11.5 Å². The van der Waals surface area contributed by atoms with Crippen LogP contribution in [0.5, 0.6) is 5.75 Å².